The zero-order valence-electron chi connectivity index (χ0n) is 9.31. The van der Waals surface area contributed by atoms with Crippen molar-refractivity contribution in [1.82, 2.24) is 0 Å². The molecule has 0 aliphatic carbocycles. The predicted molar refractivity (Wildman–Crippen MR) is 52.9 cm³/mol. The van der Waals surface area contributed by atoms with E-state index in [-0.39, 0.29) is 32.7 Å². The third kappa shape index (κ3) is 6.28. The molecule has 1 amide bonds. The van der Waals surface area contributed by atoms with Crippen LogP contribution in [0.5, 0.6) is 0 Å². The molecule has 0 unspecified atom stereocenters. The Kier molecular flexibility index (Phi) is 6.95. The molecule has 0 fully saturated rings. The summed E-state index contributed by atoms with van der Waals surface area (Å²) in [6.45, 7) is 6.12. The molecule has 7 heteroatoms. The average Bonchev–Trinajstić information content (AvgIpc) is 1.79. The summed E-state index contributed by atoms with van der Waals surface area (Å²) in [4.78, 5) is 21.1. The van der Waals surface area contributed by atoms with Gasteiger partial charge in [0.05, 0.1) is 0 Å². The third-order valence-electron chi connectivity index (χ3n) is 2.13. The van der Waals surface area contributed by atoms with Crippen LogP contribution in [0.3, 0.4) is 0 Å². The van der Waals surface area contributed by atoms with Gasteiger partial charge in [-0.25, -0.2) is 0 Å². The zero-order chi connectivity index (χ0) is 11.6. The molecule has 0 heterocycles. The summed E-state index contributed by atoms with van der Waals surface area (Å²) in [6.07, 6.45) is 0. The van der Waals surface area contributed by atoms with Crippen LogP contribution in [0.15, 0.2) is 0 Å². The van der Waals surface area contributed by atoms with Crippen molar-refractivity contribution < 1.29 is 52.5 Å². The molecule has 0 aromatic carbocycles. The summed E-state index contributed by atoms with van der Waals surface area (Å²) < 4.78 is 0. The topological polar surface area (TPSA) is 88.7 Å². The largest absolute Gasteiger partial charge is 3.00 e. The van der Waals surface area contributed by atoms with Crippen LogP contribution in [-0.4, -0.2) is 40.3 Å². The first-order valence-corrected chi connectivity index (χ1v) is 4.13. The standard InChI is InChI=1S/C8H15BNO4.Y/c1-7(2,8(3,4)14)10-5(11)9-6(12)13;/h14H,1-4H3,(H2,10,11,12,13);/q;+3/p-1. The Morgan fingerprint density at radius 3 is 1.87 bits per heavy atom. The fourth-order valence-corrected chi connectivity index (χ4v) is 0.550. The van der Waals surface area contributed by atoms with E-state index < -0.39 is 22.8 Å². The number of nitrogens with zero attached hydrogens (tertiary/aromatic N) is 1. The van der Waals surface area contributed by atoms with Crippen LogP contribution in [0.2, 0.25) is 0 Å². The molecular formula is C8H14BNO4Y+2. The Hall–Kier alpha value is 0.0688. The number of hydrogen-bond acceptors (Lipinski definition) is 3. The molecule has 0 bridgehead atoms. The van der Waals surface area contributed by atoms with Crippen LogP contribution in [-0.2, 0) is 32.7 Å². The molecule has 5 nitrogen and oxygen atoms in total. The van der Waals surface area contributed by atoms with E-state index in [0.717, 1.165) is 0 Å². The van der Waals surface area contributed by atoms with Gasteiger partial charge in [-0.1, -0.05) is 19.4 Å². The third-order valence-corrected chi connectivity index (χ3v) is 2.13. The number of rotatable bonds is 4. The van der Waals surface area contributed by atoms with Crippen molar-refractivity contribution in [3.63, 3.8) is 0 Å². The first-order chi connectivity index (χ1) is 6.06. The van der Waals surface area contributed by atoms with Gasteiger partial charge >= 0.3 is 40.0 Å². The van der Waals surface area contributed by atoms with Gasteiger partial charge in [-0.05, 0) is 13.8 Å². The van der Waals surface area contributed by atoms with E-state index >= 15 is 0 Å². The van der Waals surface area contributed by atoms with Gasteiger partial charge < -0.3 is 20.3 Å². The van der Waals surface area contributed by atoms with Crippen molar-refractivity contribution >= 4 is 19.0 Å². The number of carboxylic acid groups (broad SMARTS) is 1. The van der Waals surface area contributed by atoms with Crippen molar-refractivity contribution in [2.45, 2.75) is 38.8 Å². The van der Waals surface area contributed by atoms with Crippen LogP contribution in [0.4, 0.5) is 9.59 Å². The quantitative estimate of drug-likeness (QED) is 0.765. The number of amides is 1. The SMILES string of the molecule is CC(C)(O)C(C)(C)[N-]C(=O)[B]C(=O)O.[Y+3]. The average molecular weight is 288 g/mol. The molecule has 0 aliphatic heterocycles. The molecule has 0 saturated heterocycles. The van der Waals surface area contributed by atoms with Crippen molar-refractivity contribution in [3.8, 4) is 0 Å². The Labute approximate surface area is 115 Å². The summed E-state index contributed by atoms with van der Waals surface area (Å²) >= 11 is 0. The van der Waals surface area contributed by atoms with Crippen LogP contribution in [0.1, 0.15) is 27.7 Å². The Morgan fingerprint density at radius 2 is 1.60 bits per heavy atom. The summed E-state index contributed by atoms with van der Waals surface area (Å²) in [7, 11) is 0.466. The zero-order valence-corrected chi connectivity index (χ0v) is 12.2. The smallest absolute Gasteiger partial charge is 0.655 e. The van der Waals surface area contributed by atoms with Gasteiger partial charge in [-0.15, -0.1) is 0 Å². The molecule has 15 heavy (non-hydrogen) atoms. The van der Waals surface area contributed by atoms with Crippen molar-refractivity contribution in [2.75, 3.05) is 0 Å². The number of carbonyl (C=O) groups is 2. The normalized spacial score (nSPS) is 11.3. The predicted octanol–water partition coefficient (Wildman–Crippen LogP) is 1.41. The minimum absolute atomic E-state index is 0. The van der Waals surface area contributed by atoms with Gasteiger partial charge in [0, 0.05) is 11.4 Å². The van der Waals surface area contributed by atoms with E-state index in [1.54, 1.807) is 13.8 Å². The van der Waals surface area contributed by atoms with E-state index in [1.807, 2.05) is 0 Å². The minimum Gasteiger partial charge on any atom is -0.655 e. The van der Waals surface area contributed by atoms with Gasteiger partial charge in [0.25, 0.3) is 0 Å². The molecule has 0 saturated carbocycles. The van der Waals surface area contributed by atoms with Gasteiger partial charge in [0.15, 0.2) is 0 Å². The maximum absolute atomic E-state index is 11.0. The Bertz CT molecular complexity index is 250. The molecule has 0 rings (SSSR count). The van der Waals surface area contributed by atoms with Crippen LogP contribution in [0.25, 0.3) is 5.32 Å². The number of aliphatic hydroxyl groups is 1. The molecule has 2 N–H and O–H groups in total. The van der Waals surface area contributed by atoms with Crippen molar-refractivity contribution in [3.05, 3.63) is 5.32 Å². The maximum Gasteiger partial charge on any atom is 3.00 e. The van der Waals surface area contributed by atoms with E-state index in [0.29, 0.717) is 7.28 Å². The van der Waals surface area contributed by atoms with Crippen LogP contribution < -0.4 is 0 Å². The summed E-state index contributed by atoms with van der Waals surface area (Å²) in [5.74, 6) is -2.20. The van der Waals surface area contributed by atoms with E-state index in [1.165, 1.54) is 13.8 Å². The summed E-state index contributed by atoms with van der Waals surface area (Å²) in [5, 5.41) is 21.5. The number of hydrogen-bond donors (Lipinski definition) is 2. The second-order valence-corrected chi connectivity index (χ2v) is 4.05. The fourth-order valence-electron chi connectivity index (χ4n) is 0.550. The Balaban J connectivity index is 0. The van der Waals surface area contributed by atoms with Gasteiger partial charge in [-0.3, -0.25) is 4.79 Å². The molecule has 79 valence electrons. The van der Waals surface area contributed by atoms with E-state index in [9.17, 15) is 14.7 Å². The first kappa shape index (κ1) is 17.5. The van der Waals surface area contributed by atoms with E-state index in [4.69, 9.17) is 5.11 Å². The molecular weight excluding hydrogens is 274 g/mol. The van der Waals surface area contributed by atoms with Crippen molar-refractivity contribution in [2.24, 2.45) is 0 Å². The molecule has 0 aromatic heterocycles. The first-order valence-electron chi connectivity index (χ1n) is 4.13. The molecule has 0 spiro atoms. The summed E-state index contributed by atoms with van der Waals surface area (Å²) in [6, 6.07) is 0. The molecule has 1 radical (unpaired) electrons. The monoisotopic (exact) mass is 288 g/mol. The summed E-state index contributed by atoms with van der Waals surface area (Å²) in [5.41, 5.74) is -2.20. The molecule has 0 aromatic rings. The number of carbonyl (C=O) groups excluding carboxylic acids is 1. The van der Waals surface area contributed by atoms with Gasteiger partial charge in [0.2, 0.25) is 5.87 Å². The molecule has 0 atom stereocenters. The minimum atomic E-state index is -1.34. The van der Waals surface area contributed by atoms with Crippen molar-refractivity contribution in [1.29, 1.82) is 0 Å². The van der Waals surface area contributed by atoms with Gasteiger partial charge in [0.1, 0.15) is 0 Å². The fraction of sp³-hybridized carbons (Fsp3) is 0.750. The van der Waals surface area contributed by atoms with Crippen LogP contribution in [0, 0.1) is 0 Å². The van der Waals surface area contributed by atoms with Gasteiger partial charge in [-0.2, -0.15) is 0 Å². The second kappa shape index (κ2) is 5.97. The molecule has 0 aliphatic rings. The second-order valence-electron chi connectivity index (χ2n) is 4.05. The van der Waals surface area contributed by atoms with Crippen LogP contribution >= 0.6 is 0 Å². The van der Waals surface area contributed by atoms with E-state index in [2.05, 4.69) is 5.32 Å². The Morgan fingerprint density at radius 1 is 1.20 bits per heavy atom. The maximum atomic E-state index is 11.0.